The molecule has 118 valence electrons. The molecule has 1 N–H and O–H groups in total. The number of rotatable bonds is 4. The van der Waals surface area contributed by atoms with Crippen molar-refractivity contribution in [2.45, 2.75) is 39.3 Å². The maximum absolute atomic E-state index is 12.8. The van der Waals surface area contributed by atoms with Crippen molar-refractivity contribution in [2.24, 2.45) is 0 Å². The lowest BCUT2D eigenvalue weighted by atomic mass is 10.1. The van der Waals surface area contributed by atoms with E-state index in [1.807, 2.05) is 28.6 Å². The maximum atomic E-state index is 12.8. The minimum atomic E-state index is -1.78. The Labute approximate surface area is 134 Å². The van der Waals surface area contributed by atoms with Gasteiger partial charge >= 0.3 is 0 Å². The van der Waals surface area contributed by atoms with Gasteiger partial charge in [-0.1, -0.05) is 39.3 Å². The Morgan fingerprint density at radius 2 is 1.59 bits per heavy atom. The van der Waals surface area contributed by atoms with Crippen molar-refractivity contribution in [3.63, 3.8) is 0 Å². The molecule has 2 heterocycles. The molecule has 0 aliphatic heterocycles. The van der Waals surface area contributed by atoms with Gasteiger partial charge in [0, 0.05) is 18.6 Å². The molecule has 0 atom stereocenters. The first-order valence-corrected chi connectivity index (χ1v) is 14.5. The quantitative estimate of drug-likeness (QED) is 0.866. The molecule has 2 rings (SSSR count). The van der Waals surface area contributed by atoms with Crippen LogP contribution in [0.5, 0.6) is 0 Å². The van der Waals surface area contributed by atoms with E-state index < -0.39 is 16.5 Å². The fourth-order valence-corrected chi connectivity index (χ4v) is 4.52. The fourth-order valence-electron chi connectivity index (χ4n) is 2.28. The number of aromatic nitrogens is 2. The zero-order valence-corrected chi connectivity index (χ0v) is 16.3. The monoisotopic (exact) mass is 331 g/mol. The van der Waals surface area contributed by atoms with Crippen LogP contribution >= 0.6 is 0 Å². The van der Waals surface area contributed by atoms with Gasteiger partial charge in [0.1, 0.15) is 8.24 Å². The van der Waals surface area contributed by atoms with E-state index in [0.29, 0.717) is 0 Å². The average molecular weight is 332 g/mol. The number of nitrogens with one attached hydrogen (secondary N) is 1. The zero-order chi connectivity index (χ0) is 16.5. The van der Waals surface area contributed by atoms with Crippen LogP contribution in [0.4, 0.5) is 5.69 Å². The number of hydrogen-bond acceptors (Lipinski definition) is 3. The maximum Gasteiger partial charge on any atom is 0.265 e. The third-order valence-electron chi connectivity index (χ3n) is 3.26. The molecule has 0 saturated carbocycles. The first kappa shape index (κ1) is 16.7. The highest BCUT2D eigenvalue weighted by Crippen LogP contribution is 2.22. The van der Waals surface area contributed by atoms with E-state index in [0.717, 1.165) is 16.8 Å². The van der Waals surface area contributed by atoms with Crippen LogP contribution in [0.15, 0.2) is 41.6 Å². The number of nitrogens with zero attached hydrogens (tertiary/aromatic N) is 2. The molecule has 0 saturated heterocycles. The minimum Gasteiger partial charge on any atom is -0.406 e. The predicted octanol–water partition coefficient (Wildman–Crippen LogP) is 3.84. The smallest absolute Gasteiger partial charge is 0.265 e. The Morgan fingerprint density at radius 1 is 1.00 bits per heavy atom. The van der Waals surface area contributed by atoms with Crippen molar-refractivity contribution < 1.29 is 0 Å². The van der Waals surface area contributed by atoms with Gasteiger partial charge in [0.2, 0.25) is 0 Å². The Bertz CT molecular complexity index is 713. The molecule has 2 aromatic heterocycles. The molecular weight excluding hydrogens is 306 g/mol. The largest absolute Gasteiger partial charge is 0.406 e. The van der Waals surface area contributed by atoms with E-state index >= 15 is 0 Å². The van der Waals surface area contributed by atoms with Crippen molar-refractivity contribution in [2.75, 3.05) is 4.98 Å². The lowest BCUT2D eigenvalue weighted by molar-refractivity contribution is 1.06. The van der Waals surface area contributed by atoms with Crippen molar-refractivity contribution >= 4 is 22.2 Å². The summed E-state index contributed by atoms with van der Waals surface area (Å²) in [7, 11) is -3.38. The van der Waals surface area contributed by atoms with Gasteiger partial charge in [-0.3, -0.25) is 9.78 Å². The van der Waals surface area contributed by atoms with Crippen LogP contribution in [0.2, 0.25) is 39.3 Å². The van der Waals surface area contributed by atoms with Gasteiger partial charge in [-0.15, -0.1) is 0 Å². The number of anilines is 1. The minimum absolute atomic E-state index is 0.0967. The van der Waals surface area contributed by atoms with Crippen LogP contribution in [-0.4, -0.2) is 25.7 Å². The summed E-state index contributed by atoms with van der Waals surface area (Å²) in [6, 6.07) is 5.94. The Balaban J connectivity index is 2.67. The third kappa shape index (κ3) is 3.95. The van der Waals surface area contributed by atoms with Crippen LogP contribution in [0.3, 0.4) is 0 Å². The molecule has 0 aliphatic carbocycles. The van der Waals surface area contributed by atoms with Crippen LogP contribution < -0.4 is 10.5 Å². The summed E-state index contributed by atoms with van der Waals surface area (Å²) in [5.74, 6) is 0. The first-order chi connectivity index (χ1) is 10.1. The summed E-state index contributed by atoms with van der Waals surface area (Å²) >= 11 is 0. The lowest BCUT2D eigenvalue weighted by Crippen LogP contribution is -2.44. The Kier molecular flexibility index (Phi) is 4.44. The summed E-state index contributed by atoms with van der Waals surface area (Å²) in [5.41, 5.74) is 2.96. The average Bonchev–Trinajstić information content (AvgIpc) is 2.39. The molecule has 0 aliphatic rings. The topological polar surface area (TPSA) is 46.9 Å². The van der Waals surface area contributed by atoms with Gasteiger partial charge in [0.15, 0.2) is 8.24 Å². The summed E-state index contributed by atoms with van der Waals surface area (Å²) < 4.78 is 1.95. The van der Waals surface area contributed by atoms with E-state index in [-0.39, 0.29) is 5.56 Å². The van der Waals surface area contributed by atoms with Gasteiger partial charge in [-0.05, 0) is 29.3 Å². The Hall–Kier alpha value is -1.67. The predicted molar refractivity (Wildman–Crippen MR) is 99.6 cm³/mol. The van der Waals surface area contributed by atoms with Gasteiger partial charge < -0.3 is 9.22 Å². The molecule has 0 aromatic carbocycles. The summed E-state index contributed by atoms with van der Waals surface area (Å²) in [4.78, 5) is 20.4. The fraction of sp³-hybridized carbons (Fsp3) is 0.375. The second-order valence-electron chi connectivity index (χ2n) is 7.60. The zero-order valence-electron chi connectivity index (χ0n) is 14.3. The van der Waals surface area contributed by atoms with Gasteiger partial charge in [-0.25, -0.2) is 0 Å². The lowest BCUT2D eigenvalue weighted by Gasteiger charge is -2.25. The van der Waals surface area contributed by atoms with E-state index in [1.54, 1.807) is 12.4 Å². The summed E-state index contributed by atoms with van der Waals surface area (Å²) in [6.45, 7) is 13.1. The van der Waals surface area contributed by atoms with Crippen molar-refractivity contribution in [1.82, 2.24) is 9.22 Å². The van der Waals surface area contributed by atoms with Crippen molar-refractivity contribution in [3.05, 3.63) is 47.1 Å². The second-order valence-corrected chi connectivity index (χ2v) is 17.2. The van der Waals surface area contributed by atoms with Crippen LogP contribution in [0.25, 0.3) is 11.1 Å². The van der Waals surface area contributed by atoms with Gasteiger partial charge in [0.25, 0.3) is 5.56 Å². The summed E-state index contributed by atoms with van der Waals surface area (Å²) in [5, 5.41) is 0. The van der Waals surface area contributed by atoms with Crippen LogP contribution in [-0.2, 0) is 0 Å². The normalized spacial score (nSPS) is 12.3. The standard InChI is InChI=1S/C16H25N3OSi2/c1-21(2,3)18-15-11-14(13-7-9-17-10-8-13)12-19(16(15)20)22(4,5)6/h7-12,18H,1-6H3. The molecular formula is C16H25N3OSi2. The highest BCUT2D eigenvalue weighted by Gasteiger charge is 2.23. The number of pyridine rings is 2. The van der Waals surface area contributed by atoms with Gasteiger partial charge in [0.05, 0.1) is 5.69 Å². The molecule has 0 amide bonds. The SMILES string of the molecule is C[Si](C)(C)Nc1cc(-c2ccncc2)cn([Si](C)(C)C)c1=O. The van der Waals surface area contributed by atoms with E-state index in [4.69, 9.17) is 0 Å². The van der Waals surface area contributed by atoms with Crippen LogP contribution in [0, 0.1) is 0 Å². The van der Waals surface area contributed by atoms with Crippen molar-refractivity contribution in [3.8, 4) is 11.1 Å². The first-order valence-electron chi connectivity index (χ1n) is 7.54. The molecule has 0 radical (unpaired) electrons. The van der Waals surface area contributed by atoms with Crippen molar-refractivity contribution in [1.29, 1.82) is 0 Å². The molecule has 0 unspecified atom stereocenters. The molecule has 22 heavy (non-hydrogen) atoms. The molecule has 0 fully saturated rings. The highest BCUT2D eigenvalue weighted by molar-refractivity contribution is 6.79. The summed E-state index contributed by atoms with van der Waals surface area (Å²) in [6.07, 6.45) is 5.56. The van der Waals surface area contributed by atoms with Crippen LogP contribution in [0.1, 0.15) is 0 Å². The van der Waals surface area contributed by atoms with E-state index in [1.165, 1.54) is 0 Å². The van der Waals surface area contributed by atoms with E-state index in [9.17, 15) is 4.79 Å². The van der Waals surface area contributed by atoms with E-state index in [2.05, 4.69) is 49.2 Å². The van der Waals surface area contributed by atoms with Gasteiger partial charge in [-0.2, -0.15) is 0 Å². The second kappa shape index (κ2) is 5.85. The Morgan fingerprint density at radius 3 is 2.09 bits per heavy atom. The molecule has 4 nitrogen and oxygen atoms in total. The molecule has 6 heteroatoms. The number of hydrogen-bond donors (Lipinski definition) is 1. The molecule has 0 bridgehead atoms. The molecule has 0 spiro atoms. The molecule has 2 aromatic rings. The third-order valence-corrected chi connectivity index (χ3v) is 6.06. The highest BCUT2D eigenvalue weighted by atomic mass is 28.3.